The van der Waals surface area contributed by atoms with Crippen LogP contribution in [0, 0.1) is 17.5 Å². The number of para-hydroxylation sites is 3. The highest BCUT2D eigenvalue weighted by molar-refractivity contribution is 7.57. The van der Waals surface area contributed by atoms with E-state index in [1.165, 1.54) is 122 Å². The molecule has 664 valence electrons. The van der Waals surface area contributed by atoms with Gasteiger partial charge in [0.15, 0.2) is 49.6 Å². The van der Waals surface area contributed by atoms with E-state index in [1.807, 2.05) is 82.6 Å². The predicted molar refractivity (Wildman–Crippen MR) is 460 cm³/mol. The summed E-state index contributed by atoms with van der Waals surface area (Å²) in [4.78, 5) is 150. The van der Waals surface area contributed by atoms with Gasteiger partial charge in [-0.3, -0.25) is 42.4 Å². The Balaban J connectivity index is 0.000000147. The zero-order valence-corrected chi connectivity index (χ0v) is 72.4. The predicted octanol–water partition coefficient (Wildman–Crippen LogP) is 7.92. The number of halogens is 4. The molecule has 4 N–H and O–H groups in total. The molecule has 0 atom stereocenters. The maximum Gasteiger partial charge on any atom is 0.471 e. The molecule has 3 aliphatic rings. The number of H-pyrrole nitrogens is 1. The van der Waals surface area contributed by atoms with E-state index in [2.05, 4.69) is 94.7 Å². The SMILES string of the molecule is CC(C)O.CP(C)(=O)OCCl.CP(C)(=O)OCn1cc(C(=O)C(=O)N2CCN(c3ncnc4ccccc34)CC2)c2c(F)cnc(-n3ccnn3)c21.O=C(C(=O)N1CCN(c2ncnc3ccccc23)CC1)c1c[nH]c2c(-n3ccnn3)ncc(F)c12.O=C(C(=O)N1CCN(c2ncnc3ccccc23)CC1)c1cn(COP(=O)(O)O)c2c(-n3ccnn3)ncc(F)c12. The molecule has 3 amide bonds. The van der Waals surface area contributed by atoms with Gasteiger partial charge in [-0.05, 0) is 50.2 Å². The van der Waals surface area contributed by atoms with Gasteiger partial charge in [0.1, 0.15) is 56.0 Å². The second-order valence-electron chi connectivity index (χ2n) is 29.6. The van der Waals surface area contributed by atoms with Crippen LogP contribution in [0.1, 0.15) is 44.9 Å². The molecule has 3 aliphatic heterocycles. The Morgan fingerprint density at radius 3 is 1.10 bits per heavy atom. The van der Waals surface area contributed by atoms with Gasteiger partial charge in [-0.2, -0.15) is 0 Å². The number of Topliss-reactive ketones (excluding diaryl/α,β-unsaturated/α-hetero) is 3. The van der Waals surface area contributed by atoms with Gasteiger partial charge < -0.3 is 67.5 Å². The van der Waals surface area contributed by atoms with Crippen LogP contribution in [0.4, 0.5) is 30.6 Å². The molecule has 0 spiro atoms. The molecule has 0 radical (unpaired) electrons. The maximum absolute atomic E-state index is 15.3. The smallest absolute Gasteiger partial charge is 0.394 e. The second-order valence-corrected chi connectivity index (χ2v) is 36.6. The third-order valence-electron chi connectivity index (χ3n) is 19.9. The summed E-state index contributed by atoms with van der Waals surface area (Å²) in [5, 5.41) is 33.2. The third-order valence-corrected chi connectivity index (χ3v) is 22.1. The number of aromatic amines is 1. The van der Waals surface area contributed by atoms with Crippen molar-refractivity contribution in [1.29, 1.82) is 0 Å². The molecule has 15 aromatic rings. The van der Waals surface area contributed by atoms with Gasteiger partial charge in [-0.15, -0.1) is 15.3 Å². The number of aromatic nitrogens is 21. The quantitative estimate of drug-likeness (QED) is 0.0243. The summed E-state index contributed by atoms with van der Waals surface area (Å²) in [6.45, 7) is 12.7. The number of benzene rings is 3. The van der Waals surface area contributed by atoms with Gasteiger partial charge in [0, 0.05) is 146 Å². The number of pyridine rings is 3. The number of hydrogen-bond donors (Lipinski definition) is 4. The summed E-state index contributed by atoms with van der Waals surface area (Å²) in [5.74, 6) is -4.66. The van der Waals surface area contributed by atoms with E-state index in [-0.39, 0.29) is 112 Å². The highest BCUT2D eigenvalue weighted by Gasteiger charge is 2.37. The number of phosphoric ester groups is 1. The molecule has 0 aliphatic carbocycles. The number of carbonyl (C=O) groups excluding carboxylic acids is 6. The lowest BCUT2D eigenvalue weighted by Gasteiger charge is -2.35. The molecule has 3 aromatic carbocycles. The number of amides is 3. The summed E-state index contributed by atoms with van der Waals surface area (Å²) in [5.41, 5.74) is 2.27. The van der Waals surface area contributed by atoms with Gasteiger partial charge in [-0.1, -0.05) is 63.6 Å². The van der Waals surface area contributed by atoms with Crippen molar-refractivity contribution in [3.8, 4) is 17.5 Å². The molecule has 15 heterocycles. The maximum atomic E-state index is 15.3. The van der Waals surface area contributed by atoms with Crippen molar-refractivity contribution in [3.05, 3.63) is 200 Å². The van der Waals surface area contributed by atoms with Gasteiger partial charge >= 0.3 is 7.82 Å². The molecule has 128 heavy (non-hydrogen) atoms. The Kier molecular flexibility index (Phi) is 27.8. The zero-order chi connectivity index (χ0) is 90.9. The van der Waals surface area contributed by atoms with Crippen LogP contribution in [-0.2, 0) is 55.1 Å². The standard InChI is InChI=1S/C26H25FN9O4P.C24H21FN9O6P.C23H18FN9O2.C3H8ClO2P.C3H8O/c1-41(2,39)40-16-35-14-18(21-19(27)13-28-25(22(21)35)36-8-7-31-32-36)23(37)26(38)34-11-9-33(10-12-34)24-17-5-3-4-6-20(17)29-15-30-24;25-17-11-26-23(34-6-5-29-30-34)20-19(17)16(12-33(20)14-40-41(37,38)39)21(35)24(36)32-9-7-31(8-10-32)22-15-3-1-2-4-18(15)27-13-28-22;24-16-12-26-22(33-6-5-29-30-33)19-18(16)15(11-25-19)20(34)23(35)32-9-7-31(8-10-32)21-14-3-1-2-4-17(14)27-13-28-21;1-7(2,5)6-3-4;1-3(2)4/h3-8,13-15H,9-12,16H2,1-2H3;1-6,11-13H,7-10,14H2,(H2,37,38,39);1-6,11-13,25H,7-10H2;3H2,1-2H3;3-4H,1-2H3. The number of piperazine rings is 3. The molecular weight excluding hydrogens is 1750 g/mol. The van der Waals surface area contributed by atoms with Gasteiger partial charge in [0.2, 0.25) is 0 Å². The lowest BCUT2D eigenvalue weighted by atomic mass is 10.1. The summed E-state index contributed by atoms with van der Waals surface area (Å²) in [6.07, 6.45) is 19.6. The lowest BCUT2D eigenvalue weighted by Crippen LogP contribution is -2.51. The minimum atomic E-state index is -4.94. The average Bonchev–Trinajstić information content (AvgIpc) is 1.60. The van der Waals surface area contributed by atoms with Crippen molar-refractivity contribution in [2.24, 2.45) is 0 Å². The first-order chi connectivity index (χ1) is 61.3. The number of rotatable bonds is 20. The van der Waals surface area contributed by atoms with Crippen LogP contribution in [0.15, 0.2) is 166 Å². The number of aliphatic hydroxyl groups is 1. The number of nitrogens with zero attached hydrogens (tertiary/aromatic N) is 26. The molecular formula is C79H80ClF3N27O15P3. The molecule has 42 nitrogen and oxygen atoms in total. The van der Waals surface area contributed by atoms with Crippen LogP contribution < -0.4 is 14.7 Å². The van der Waals surface area contributed by atoms with E-state index in [4.69, 9.17) is 21.2 Å². The summed E-state index contributed by atoms with van der Waals surface area (Å²) in [6, 6.07) is 23.0. The van der Waals surface area contributed by atoms with Crippen molar-refractivity contribution in [1.82, 2.24) is 119 Å². The second kappa shape index (κ2) is 39.2. The number of nitrogens with one attached hydrogen (secondary N) is 1. The normalized spacial score (nSPS) is 13.9. The number of alkyl halides is 1. The molecule has 12 aromatic heterocycles. The Labute approximate surface area is 728 Å². The van der Waals surface area contributed by atoms with Crippen molar-refractivity contribution in [3.63, 3.8) is 0 Å². The number of hydrogen-bond acceptors (Lipinski definition) is 31. The van der Waals surface area contributed by atoms with Crippen LogP contribution in [-0.4, -0.2) is 286 Å². The molecule has 49 heteroatoms. The van der Waals surface area contributed by atoms with E-state index in [0.29, 0.717) is 52.4 Å². The first kappa shape index (κ1) is 90.8. The first-order valence-electron chi connectivity index (χ1n) is 39.1. The fraction of sp³-hybridized carbons (Fsp3) is 0.278. The zero-order valence-electron chi connectivity index (χ0n) is 69.0. The van der Waals surface area contributed by atoms with Crippen LogP contribution in [0.5, 0.6) is 0 Å². The minimum Gasteiger partial charge on any atom is -0.394 e. The van der Waals surface area contributed by atoms with Crippen LogP contribution in [0.3, 0.4) is 0 Å². The van der Waals surface area contributed by atoms with E-state index >= 15 is 8.78 Å². The fourth-order valence-corrected chi connectivity index (χ4v) is 15.8. The monoisotopic (exact) mass is 1830 g/mol. The molecule has 3 fully saturated rings. The fourth-order valence-electron chi connectivity index (χ4n) is 14.2. The van der Waals surface area contributed by atoms with Crippen molar-refractivity contribution in [2.45, 2.75) is 33.4 Å². The van der Waals surface area contributed by atoms with E-state index in [0.717, 1.165) is 79.5 Å². The van der Waals surface area contributed by atoms with E-state index in [1.54, 1.807) is 20.0 Å². The number of phosphoric acid groups is 1. The molecule has 18 rings (SSSR count). The lowest BCUT2D eigenvalue weighted by molar-refractivity contribution is -0.127. The highest BCUT2D eigenvalue weighted by Crippen LogP contribution is 2.41. The number of carbonyl (C=O) groups is 6. The van der Waals surface area contributed by atoms with Crippen LogP contribution in [0.25, 0.3) is 82.9 Å². The molecule has 0 unspecified atom stereocenters. The summed E-state index contributed by atoms with van der Waals surface area (Å²) in [7, 11) is -10.2. The highest BCUT2D eigenvalue weighted by atomic mass is 35.5. The first-order valence-corrected chi connectivity index (χ1v) is 46.2. The largest absolute Gasteiger partial charge is 0.471 e. The summed E-state index contributed by atoms with van der Waals surface area (Å²) < 4.78 is 100. The van der Waals surface area contributed by atoms with Crippen molar-refractivity contribution in [2.75, 3.05) is 126 Å². The Morgan fingerprint density at radius 1 is 0.445 bits per heavy atom. The molecule has 0 saturated carbocycles. The van der Waals surface area contributed by atoms with Crippen LogP contribution in [0.2, 0.25) is 0 Å². The number of aliphatic hydroxyl groups excluding tert-OH is 1. The van der Waals surface area contributed by atoms with E-state index < -0.39 is 81.8 Å². The third kappa shape index (κ3) is 20.6. The Bertz CT molecular complexity index is 6490. The summed E-state index contributed by atoms with van der Waals surface area (Å²) >= 11 is 5.09. The minimum absolute atomic E-state index is 0.00468. The van der Waals surface area contributed by atoms with E-state index in [9.17, 15) is 56.6 Å². The molecule has 3 saturated heterocycles. The van der Waals surface area contributed by atoms with Crippen molar-refractivity contribution < 1.29 is 84.1 Å². The average molecular weight is 1830 g/mol. The van der Waals surface area contributed by atoms with Gasteiger partial charge in [0.05, 0.1) is 122 Å². The number of anilines is 3. The van der Waals surface area contributed by atoms with Crippen molar-refractivity contribution >= 4 is 152 Å². The Morgan fingerprint density at radius 2 is 0.773 bits per heavy atom. The molecule has 0 bridgehead atoms. The topological polar surface area (TPSA) is 495 Å². The van der Waals surface area contributed by atoms with Crippen LogP contribution >= 0.6 is 34.2 Å². The number of ketones is 3. The van der Waals surface area contributed by atoms with Gasteiger partial charge in [0.25, 0.3) is 35.1 Å². The number of fused-ring (bicyclic) bond motifs is 6. The Hall–Kier alpha value is -13.5. The van der Waals surface area contributed by atoms with Gasteiger partial charge in [-0.25, -0.2) is 76.6 Å².